The zero-order valence-corrected chi connectivity index (χ0v) is 10.9. The monoisotopic (exact) mass is 248 g/mol. The zero-order chi connectivity index (χ0) is 14.1. The molecule has 6 heteroatoms. The molecule has 0 bridgehead atoms. The van der Waals surface area contributed by atoms with Gasteiger partial charge in [-0.15, -0.1) is 0 Å². The standard InChI is InChI=1S/C8H15NO2.C2H7N.CH2O2/c1-3-4-5-6-9-8(11)7(2)10;1-2-3;2-1-3/h3-6H2,1-2H3,(H,9,11);2-3H2,1H3;1H,(H,2,3). The van der Waals surface area contributed by atoms with Crippen molar-refractivity contribution in [1.82, 2.24) is 5.32 Å². The van der Waals surface area contributed by atoms with E-state index in [0.717, 1.165) is 25.8 Å². The Morgan fingerprint density at radius 2 is 1.71 bits per heavy atom. The van der Waals surface area contributed by atoms with Gasteiger partial charge in [-0.25, -0.2) is 0 Å². The molecule has 0 radical (unpaired) electrons. The van der Waals surface area contributed by atoms with Crippen molar-refractivity contribution in [2.75, 3.05) is 13.1 Å². The Labute approximate surface area is 103 Å². The Balaban J connectivity index is -0.000000273. The van der Waals surface area contributed by atoms with Crippen molar-refractivity contribution in [1.29, 1.82) is 0 Å². The summed E-state index contributed by atoms with van der Waals surface area (Å²) in [6.07, 6.45) is 3.17. The number of nitrogens with one attached hydrogen (secondary N) is 1. The molecule has 0 fully saturated rings. The number of unbranched alkanes of at least 4 members (excludes halogenated alkanes) is 2. The predicted octanol–water partition coefficient (Wildman–Crippen LogP) is 0.548. The predicted molar refractivity (Wildman–Crippen MR) is 66.6 cm³/mol. The van der Waals surface area contributed by atoms with Gasteiger partial charge >= 0.3 is 0 Å². The summed E-state index contributed by atoms with van der Waals surface area (Å²) in [5.74, 6) is -0.886. The quantitative estimate of drug-likeness (QED) is 0.374. The molecule has 0 saturated heterocycles. The molecule has 1 amide bonds. The SMILES string of the molecule is CCCCCNC(=O)C(C)=O.CCN.O=CO. The van der Waals surface area contributed by atoms with Crippen molar-refractivity contribution in [2.24, 2.45) is 5.73 Å². The minimum atomic E-state index is -0.471. The van der Waals surface area contributed by atoms with Crippen molar-refractivity contribution < 1.29 is 19.5 Å². The van der Waals surface area contributed by atoms with E-state index in [1.165, 1.54) is 6.92 Å². The van der Waals surface area contributed by atoms with Crippen LogP contribution in [0.2, 0.25) is 0 Å². The summed E-state index contributed by atoms with van der Waals surface area (Å²) in [6.45, 7) is 6.38. The van der Waals surface area contributed by atoms with Crippen LogP contribution < -0.4 is 11.1 Å². The Bertz CT molecular complexity index is 196. The number of hydrogen-bond donors (Lipinski definition) is 3. The number of ketones is 1. The van der Waals surface area contributed by atoms with Crippen LogP contribution in [0.15, 0.2) is 0 Å². The highest BCUT2D eigenvalue weighted by molar-refractivity contribution is 6.35. The van der Waals surface area contributed by atoms with E-state index in [9.17, 15) is 9.59 Å². The van der Waals surface area contributed by atoms with Gasteiger partial charge in [-0.05, 0) is 13.0 Å². The normalized spacial score (nSPS) is 7.76. The average Bonchev–Trinajstić information content (AvgIpc) is 2.26. The lowest BCUT2D eigenvalue weighted by Gasteiger charge is -2.00. The molecule has 0 aliphatic carbocycles. The van der Waals surface area contributed by atoms with Crippen molar-refractivity contribution in [2.45, 2.75) is 40.0 Å². The molecule has 4 N–H and O–H groups in total. The summed E-state index contributed by atoms with van der Waals surface area (Å²) < 4.78 is 0. The minimum Gasteiger partial charge on any atom is -0.483 e. The van der Waals surface area contributed by atoms with Gasteiger partial charge in [-0.2, -0.15) is 0 Å². The van der Waals surface area contributed by atoms with E-state index in [0.29, 0.717) is 6.54 Å². The second-order valence-electron chi connectivity index (χ2n) is 3.03. The third-order valence-electron chi connectivity index (χ3n) is 1.39. The van der Waals surface area contributed by atoms with Gasteiger partial charge in [0, 0.05) is 13.5 Å². The summed E-state index contributed by atoms with van der Waals surface area (Å²) in [5.41, 5.74) is 4.85. The number of amides is 1. The van der Waals surface area contributed by atoms with Gasteiger partial charge in [0.2, 0.25) is 5.78 Å². The molecule has 0 heterocycles. The van der Waals surface area contributed by atoms with Gasteiger partial charge in [0.1, 0.15) is 0 Å². The second kappa shape index (κ2) is 20.0. The number of carboxylic acid groups (broad SMARTS) is 1. The van der Waals surface area contributed by atoms with Gasteiger partial charge in [-0.1, -0.05) is 26.7 Å². The maximum absolute atomic E-state index is 10.6. The van der Waals surface area contributed by atoms with Crippen LogP contribution >= 0.6 is 0 Å². The van der Waals surface area contributed by atoms with Crippen LogP contribution in [0.4, 0.5) is 0 Å². The van der Waals surface area contributed by atoms with Crippen LogP contribution in [0, 0.1) is 0 Å². The molecule has 0 aliphatic rings. The van der Waals surface area contributed by atoms with E-state index < -0.39 is 11.7 Å². The van der Waals surface area contributed by atoms with E-state index in [2.05, 4.69) is 12.2 Å². The third-order valence-corrected chi connectivity index (χ3v) is 1.39. The van der Waals surface area contributed by atoms with Gasteiger partial charge in [-0.3, -0.25) is 14.4 Å². The molecule has 6 nitrogen and oxygen atoms in total. The van der Waals surface area contributed by atoms with Crippen LogP contribution in [-0.4, -0.2) is 36.4 Å². The Morgan fingerprint density at radius 3 is 2.00 bits per heavy atom. The molecule has 0 aromatic heterocycles. The van der Waals surface area contributed by atoms with Gasteiger partial charge in [0.15, 0.2) is 0 Å². The first-order valence-electron chi connectivity index (χ1n) is 5.58. The maximum Gasteiger partial charge on any atom is 0.290 e. The van der Waals surface area contributed by atoms with Crippen molar-refractivity contribution in [3.05, 3.63) is 0 Å². The van der Waals surface area contributed by atoms with E-state index in [-0.39, 0.29) is 6.47 Å². The lowest BCUT2D eigenvalue weighted by Crippen LogP contribution is -2.29. The number of Topliss-reactive ketones (excluding diaryl/α,β-unsaturated/α-hetero) is 1. The largest absolute Gasteiger partial charge is 0.483 e. The molecule has 0 rings (SSSR count). The summed E-state index contributed by atoms with van der Waals surface area (Å²) in [6, 6.07) is 0. The number of carbonyl (C=O) groups excluding carboxylic acids is 2. The first-order chi connectivity index (χ1) is 8.01. The summed E-state index contributed by atoms with van der Waals surface area (Å²) in [5, 5.41) is 9.42. The summed E-state index contributed by atoms with van der Waals surface area (Å²) >= 11 is 0. The fourth-order valence-corrected chi connectivity index (χ4v) is 0.701. The highest BCUT2D eigenvalue weighted by Crippen LogP contribution is 1.90. The smallest absolute Gasteiger partial charge is 0.290 e. The summed E-state index contributed by atoms with van der Waals surface area (Å²) in [7, 11) is 0. The van der Waals surface area contributed by atoms with Crippen LogP contribution in [0.1, 0.15) is 40.0 Å². The lowest BCUT2D eigenvalue weighted by molar-refractivity contribution is -0.136. The molecule has 0 atom stereocenters. The first kappa shape index (κ1) is 20.9. The van der Waals surface area contributed by atoms with Gasteiger partial charge < -0.3 is 16.2 Å². The highest BCUT2D eigenvalue weighted by Gasteiger charge is 2.04. The van der Waals surface area contributed by atoms with E-state index in [1.807, 2.05) is 6.92 Å². The molecule has 0 aliphatic heterocycles. The molecule has 0 aromatic rings. The molecule has 0 unspecified atom stereocenters. The lowest BCUT2D eigenvalue weighted by atomic mass is 10.2. The van der Waals surface area contributed by atoms with Crippen LogP contribution in [0.3, 0.4) is 0 Å². The number of rotatable bonds is 5. The average molecular weight is 248 g/mol. The fourth-order valence-electron chi connectivity index (χ4n) is 0.701. The van der Waals surface area contributed by atoms with E-state index in [1.54, 1.807) is 0 Å². The van der Waals surface area contributed by atoms with Gasteiger partial charge in [0.05, 0.1) is 0 Å². The van der Waals surface area contributed by atoms with E-state index >= 15 is 0 Å². The first-order valence-corrected chi connectivity index (χ1v) is 5.58. The Morgan fingerprint density at radius 1 is 1.29 bits per heavy atom. The number of nitrogens with two attached hydrogens (primary N) is 1. The highest BCUT2D eigenvalue weighted by atomic mass is 16.3. The number of carbonyl (C=O) groups is 3. The van der Waals surface area contributed by atoms with Crippen molar-refractivity contribution >= 4 is 18.2 Å². The molecular formula is C11H24N2O4. The molecule has 0 saturated carbocycles. The van der Waals surface area contributed by atoms with Crippen LogP contribution in [-0.2, 0) is 14.4 Å². The molecule has 0 spiro atoms. The molecular weight excluding hydrogens is 224 g/mol. The topological polar surface area (TPSA) is 109 Å². The zero-order valence-electron chi connectivity index (χ0n) is 10.9. The Hall–Kier alpha value is -1.43. The van der Waals surface area contributed by atoms with Gasteiger partial charge in [0.25, 0.3) is 12.4 Å². The second-order valence-corrected chi connectivity index (χ2v) is 3.03. The minimum absolute atomic E-state index is 0.250. The van der Waals surface area contributed by atoms with Crippen molar-refractivity contribution in [3.63, 3.8) is 0 Å². The maximum atomic E-state index is 10.6. The molecule has 102 valence electrons. The molecule has 17 heavy (non-hydrogen) atoms. The molecule has 0 aromatic carbocycles. The Kier molecular flexibility index (Phi) is 24.7. The van der Waals surface area contributed by atoms with Crippen molar-refractivity contribution in [3.8, 4) is 0 Å². The fraction of sp³-hybridized carbons (Fsp3) is 0.727. The van der Waals surface area contributed by atoms with Crippen LogP contribution in [0.5, 0.6) is 0 Å². The van der Waals surface area contributed by atoms with Crippen LogP contribution in [0.25, 0.3) is 0 Å². The summed E-state index contributed by atoms with van der Waals surface area (Å²) in [4.78, 5) is 29.4. The van der Waals surface area contributed by atoms with E-state index in [4.69, 9.17) is 15.6 Å². The third kappa shape index (κ3) is 31.3. The number of hydrogen-bond acceptors (Lipinski definition) is 4.